The molecule has 0 spiro atoms. The van der Waals surface area contributed by atoms with Crippen molar-refractivity contribution in [3.8, 4) is 0 Å². The van der Waals surface area contributed by atoms with Crippen molar-refractivity contribution in [1.29, 1.82) is 0 Å². The standard InChI is InChI=1S/C10H19NOS/c1-3-4-7-11(9-5-6-9)10(12)8(2)13/h8-9,13H,3-7H2,1-2H3. The molecule has 1 fully saturated rings. The minimum atomic E-state index is -0.141. The monoisotopic (exact) mass is 201 g/mol. The summed E-state index contributed by atoms with van der Waals surface area (Å²) in [5.41, 5.74) is 0. The highest BCUT2D eigenvalue weighted by Gasteiger charge is 2.32. The van der Waals surface area contributed by atoms with E-state index < -0.39 is 0 Å². The Labute approximate surface area is 86.1 Å². The van der Waals surface area contributed by atoms with Crippen LogP contribution < -0.4 is 0 Å². The summed E-state index contributed by atoms with van der Waals surface area (Å²) in [4.78, 5) is 13.7. The number of amides is 1. The molecular weight excluding hydrogens is 182 g/mol. The molecule has 1 aliphatic carbocycles. The molecule has 1 atom stereocenters. The van der Waals surface area contributed by atoms with E-state index >= 15 is 0 Å². The van der Waals surface area contributed by atoms with Gasteiger partial charge in [-0.3, -0.25) is 4.79 Å². The molecule has 1 amide bonds. The Morgan fingerprint density at radius 3 is 2.62 bits per heavy atom. The molecule has 1 saturated carbocycles. The SMILES string of the molecule is CCCCN(C(=O)C(C)S)C1CC1. The molecule has 2 nitrogen and oxygen atoms in total. The average Bonchev–Trinajstić information content (AvgIpc) is 2.88. The van der Waals surface area contributed by atoms with E-state index in [4.69, 9.17) is 0 Å². The van der Waals surface area contributed by atoms with Gasteiger partial charge in [-0.05, 0) is 26.2 Å². The lowest BCUT2D eigenvalue weighted by Gasteiger charge is -2.23. The zero-order valence-corrected chi connectivity index (χ0v) is 9.39. The highest BCUT2D eigenvalue weighted by Crippen LogP contribution is 2.28. The largest absolute Gasteiger partial charge is 0.339 e. The minimum Gasteiger partial charge on any atom is -0.339 e. The van der Waals surface area contributed by atoms with Crippen LogP contribution in [0.1, 0.15) is 39.5 Å². The number of carbonyl (C=O) groups excluding carboxylic acids is 1. The van der Waals surface area contributed by atoms with Crippen LogP contribution in [0.5, 0.6) is 0 Å². The van der Waals surface area contributed by atoms with E-state index in [1.807, 2.05) is 11.8 Å². The average molecular weight is 201 g/mol. The Balaban J connectivity index is 2.41. The van der Waals surface area contributed by atoms with Gasteiger partial charge in [-0.15, -0.1) is 0 Å². The molecule has 0 aromatic heterocycles. The summed E-state index contributed by atoms with van der Waals surface area (Å²) in [5, 5.41) is -0.141. The van der Waals surface area contributed by atoms with Crippen LogP contribution in [-0.2, 0) is 4.79 Å². The molecule has 0 aliphatic heterocycles. The van der Waals surface area contributed by atoms with Gasteiger partial charge in [-0.25, -0.2) is 0 Å². The van der Waals surface area contributed by atoms with Gasteiger partial charge in [0.15, 0.2) is 0 Å². The molecule has 3 heteroatoms. The smallest absolute Gasteiger partial charge is 0.235 e. The fourth-order valence-corrected chi connectivity index (χ4v) is 1.58. The van der Waals surface area contributed by atoms with Crippen molar-refractivity contribution in [2.45, 2.75) is 50.8 Å². The number of hydrogen-bond donors (Lipinski definition) is 1. The zero-order chi connectivity index (χ0) is 9.84. The van der Waals surface area contributed by atoms with E-state index in [2.05, 4.69) is 19.6 Å². The van der Waals surface area contributed by atoms with Crippen LogP contribution in [0.25, 0.3) is 0 Å². The summed E-state index contributed by atoms with van der Waals surface area (Å²) in [6, 6.07) is 0.536. The number of carbonyl (C=O) groups is 1. The number of hydrogen-bond acceptors (Lipinski definition) is 2. The van der Waals surface area contributed by atoms with Crippen molar-refractivity contribution in [3.05, 3.63) is 0 Å². The summed E-state index contributed by atoms with van der Waals surface area (Å²) in [5.74, 6) is 0.208. The third kappa shape index (κ3) is 3.22. The maximum atomic E-state index is 11.7. The van der Waals surface area contributed by atoms with Crippen molar-refractivity contribution in [2.24, 2.45) is 0 Å². The van der Waals surface area contributed by atoms with Crippen molar-refractivity contribution < 1.29 is 4.79 Å². The van der Waals surface area contributed by atoms with E-state index in [9.17, 15) is 4.79 Å². The molecule has 0 N–H and O–H groups in total. The first kappa shape index (κ1) is 10.9. The number of unbranched alkanes of at least 4 members (excludes halogenated alkanes) is 1. The van der Waals surface area contributed by atoms with Gasteiger partial charge in [0.2, 0.25) is 5.91 Å². The van der Waals surface area contributed by atoms with Crippen molar-refractivity contribution >= 4 is 18.5 Å². The summed E-state index contributed by atoms with van der Waals surface area (Å²) in [7, 11) is 0. The number of thiol groups is 1. The van der Waals surface area contributed by atoms with Gasteiger partial charge >= 0.3 is 0 Å². The van der Waals surface area contributed by atoms with E-state index in [1.54, 1.807) is 0 Å². The highest BCUT2D eigenvalue weighted by molar-refractivity contribution is 7.81. The van der Waals surface area contributed by atoms with Gasteiger partial charge in [0, 0.05) is 12.6 Å². The second-order valence-corrected chi connectivity index (χ2v) is 4.57. The predicted octanol–water partition coefficient (Wildman–Crippen LogP) is 2.10. The fourth-order valence-electron chi connectivity index (χ4n) is 1.43. The lowest BCUT2D eigenvalue weighted by molar-refractivity contribution is -0.130. The second kappa shape index (κ2) is 4.89. The summed E-state index contributed by atoms with van der Waals surface area (Å²) >= 11 is 4.19. The first-order valence-corrected chi connectivity index (χ1v) is 5.67. The van der Waals surface area contributed by atoms with Crippen LogP contribution in [0.2, 0.25) is 0 Å². The molecule has 0 saturated heterocycles. The van der Waals surface area contributed by atoms with Crippen molar-refractivity contribution in [1.82, 2.24) is 4.90 Å². The first-order chi connectivity index (χ1) is 6.16. The third-order valence-corrected chi connectivity index (χ3v) is 2.60. The van der Waals surface area contributed by atoms with Gasteiger partial charge in [-0.2, -0.15) is 12.6 Å². The molecule has 1 unspecified atom stereocenters. The summed E-state index contributed by atoms with van der Waals surface area (Å²) in [6.07, 6.45) is 4.64. The molecular formula is C10H19NOS. The molecule has 1 aliphatic rings. The third-order valence-electron chi connectivity index (χ3n) is 2.38. The van der Waals surface area contributed by atoms with Crippen LogP contribution in [0.4, 0.5) is 0 Å². The lowest BCUT2D eigenvalue weighted by atomic mass is 10.3. The second-order valence-electron chi connectivity index (χ2n) is 3.79. The van der Waals surface area contributed by atoms with Crippen LogP contribution in [0.3, 0.4) is 0 Å². The maximum Gasteiger partial charge on any atom is 0.235 e. The van der Waals surface area contributed by atoms with Crippen LogP contribution >= 0.6 is 12.6 Å². The Bertz CT molecular complexity index is 178. The van der Waals surface area contributed by atoms with E-state index in [0.717, 1.165) is 19.4 Å². The van der Waals surface area contributed by atoms with Crippen LogP contribution in [0, 0.1) is 0 Å². The molecule has 0 aromatic carbocycles. The van der Waals surface area contributed by atoms with E-state index in [0.29, 0.717) is 6.04 Å². The minimum absolute atomic E-state index is 0.141. The summed E-state index contributed by atoms with van der Waals surface area (Å²) < 4.78 is 0. The van der Waals surface area contributed by atoms with E-state index in [1.165, 1.54) is 12.8 Å². The Hall–Kier alpha value is -0.180. The van der Waals surface area contributed by atoms with Crippen molar-refractivity contribution in [3.63, 3.8) is 0 Å². The molecule has 13 heavy (non-hydrogen) atoms. The first-order valence-electron chi connectivity index (χ1n) is 5.15. The van der Waals surface area contributed by atoms with E-state index in [-0.39, 0.29) is 11.2 Å². The lowest BCUT2D eigenvalue weighted by Crippen LogP contribution is -2.38. The highest BCUT2D eigenvalue weighted by atomic mass is 32.1. The van der Waals surface area contributed by atoms with Gasteiger partial charge in [0.1, 0.15) is 0 Å². The van der Waals surface area contributed by atoms with Gasteiger partial charge in [-0.1, -0.05) is 13.3 Å². The molecule has 76 valence electrons. The quantitative estimate of drug-likeness (QED) is 0.675. The number of rotatable bonds is 5. The molecule has 0 heterocycles. The van der Waals surface area contributed by atoms with Gasteiger partial charge in [0.25, 0.3) is 0 Å². The van der Waals surface area contributed by atoms with Crippen LogP contribution in [0.15, 0.2) is 0 Å². The van der Waals surface area contributed by atoms with Crippen LogP contribution in [-0.4, -0.2) is 28.6 Å². The Morgan fingerprint density at radius 1 is 1.62 bits per heavy atom. The Morgan fingerprint density at radius 2 is 2.23 bits per heavy atom. The Kier molecular flexibility index (Phi) is 4.10. The van der Waals surface area contributed by atoms with Gasteiger partial charge in [0.05, 0.1) is 5.25 Å². The zero-order valence-electron chi connectivity index (χ0n) is 8.49. The molecule has 0 aromatic rings. The summed E-state index contributed by atoms with van der Waals surface area (Å²) in [6.45, 7) is 4.93. The van der Waals surface area contributed by atoms with Gasteiger partial charge < -0.3 is 4.90 Å². The predicted molar refractivity (Wildman–Crippen MR) is 58.1 cm³/mol. The normalized spacial score (nSPS) is 18.4. The fraction of sp³-hybridized carbons (Fsp3) is 0.900. The van der Waals surface area contributed by atoms with Crippen molar-refractivity contribution in [2.75, 3.05) is 6.54 Å². The molecule has 0 radical (unpaired) electrons. The topological polar surface area (TPSA) is 20.3 Å². The maximum absolute atomic E-state index is 11.7. The number of nitrogens with zero attached hydrogens (tertiary/aromatic N) is 1. The molecule has 0 bridgehead atoms. The molecule has 1 rings (SSSR count).